The molecule has 1 unspecified atom stereocenters. The Kier molecular flexibility index (Phi) is 6.70. The van der Waals surface area contributed by atoms with Crippen LogP contribution in [0.4, 0.5) is 0 Å². The van der Waals surface area contributed by atoms with Gasteiger partial charge in [0.15, 0.2) is 0 Å². The van der Waals surface area contributed by atoms with Crippen LogP contribution in [0, 0.1) is 0 Å². The van der Waals surface area contributed by atoms with Crippen molar-refractivity contribution in [2.45, 2.75) is 50.7 Å². The Labute approximate surface area is 126 Å². The Morgan fingerprint density at radius 2 is 2.14 bits per heavy atom. The quantitative estimate of drug-likeness (QED) is 0.808. The number of benzene rings is 1. The van der Waals surface area contributed by atoms with E-state index in [9.17, 15) is 9.90 Å². The first-order valence-electron chi connectivity index (χ1n) is 7.83. The predicted molar refractivity (Wildman–Crippen MR) is 82.0 cm³/mol. The average molecular weight is 291 g/mol. The van der Waals surface area contributed by atoms with E-state index >= 15 is 0 Å². The summed E-state index contributed by atoms with van der Waals surface area (Å²) in [4.78, 5) is 12.0. The molecule has 2 N–H and O–H groups in total. The Morgan fingerprint density at radius 1 is 1.33 bits per heavy atom. The van der Waals surface area contributed by atoms with Crippen molar-refractivity contribution in [3.8, 4) is 0 Å². The number of hydrogen-bond donors (Lipinski definition) is 2. The minimum Gasteiger partial charge on any atom is -0.394 e. The van der Waals surface area contributed by atoms with E-state index < -0.39 is 0 Å². The number of aliphatic hydroxyl groups is 1. The normalized spacial score (nSPS) is 20.0. The summed E-state index contributed by atoms with van der Waals surface area (Å²) in [7, 11) is 0. The highest BCUT2D eigenvalue weighted by atomic mass is 16.5. The first-order valence-corrected chi connectivity index (χ1v) is 7.83. The number of hydrogen-bond acceptors (Lipinski definition) is 3. The van der Waals surface area contributed by atoms with Gasteiger partial charge in [0, 0.05) is 13.0 Å². The molecule has 0 bridgehead atoms. The summed E-state index contributed by atoms with van der Waals surface area (Å²) in [6.07, 6.45) is 5.51. The predicted octanol–water partition coefficient (Wildman–Crippen LogP) is 2.06. The number of carbonyl (C=O) groups excluding carboxylic acids is 1. The molecule has 0 radical (unpaired) electrons. The molecule has 1 amide bonds. The molecule has 0 aromatic heterocycles. The molecular weight excluding hydrogens is 266 g/mol. The third-order valence-corrected chi connectivity index (χ3v) is 3.88. The summed E-state index contributed by atoms with van der Waals surface area (Å²) >= 11 is 0. The summed E-state index contributed by atoms with van der Waals surface area (Å²) in [6.45, 7) is 0.778. The van der Waals surface area contributed by atoms with Crippen molar-refractivity contribution in [2.24, 2.45) is 0 Å². The fraction of sp³-hybridized carbons (Fsp3) is 0.588. The van der Waals surface area contributed by atoms with E-state index in [1.54, 1.807) is 0 Å². The lowest BCUT2D eigenvalue weighted by atomic mass is 10.0. The monoisotopic (exact) mass is 291 g/mol. The van der Waals surface area contributed by atoms with Crippen molar-refractivity contribution < 1.29 is 14.6 Å². The van der Waals surface area contributed by atoms with E-state index in [4.69, 9.17) is 4.74 Å². The molecule has 2 atom stereocenters. The Hall–Kier alpha value is -1.39. The zero-order valence-electron chi connectivity index (χ0n) is 12.5. The van der Waals surface area contributed by atoms with E-state index in [2.05, 4.69) is 5.32 Å². The van der Waals surface area contributed by atoms with E-state index in [1.165, 1.54) is 6.42 Å². The summed E-state index contributed by atoms with van der Waals surface area (Å²) in [5.41, 5.74) is 1.12. The molecule has 2 rings (SSSR count). The van der Waals surface area contributed by atoms with E-state index in [1.807, 2.05) is 30.3 Å². The van der Waals surface area contributed by atoms with Crippen LogP contribution in [0.2, 0.25) is 0 Å². The van der Waals surface area contributed by atoms with Gasteiger partial charge in [-0.15, -0.1) is 0 Å². The third-order valence-electron chi connectivity index (χ3n) is 3.88. The topological polar surface area (TPSA) is 58.6 Å². The fourth-order valence-corrected chi connectivity index (χ4v) is 2.69. The fourth-order valence-electron chi connectivity index (χ4n) is 2.69. The van der Waals surface area contributed by atoms with E-state index in [-0.39, 0.29) is 24.7 Å². The van der Waals surface area contributed by atoms with Gasteiger partial charge in [-0.1, -0.05) is 30.3 Å². The van der Waals surface area contributed by atoms with Gasteiger partial charge >= 0.3 is 0 Å². The number of rotatable bonds is 7. The second kappa shape index (κ2) is 8.80. The molecule has 0 saturated carbocycles. The van der Waals surface area contributed by atoms with Crippen molar-refractivity contribution in [2.75, 3.05) is 13.2 Å². The van der Waals surface area contributed by atoms with Crippen molar-refractivity contribution in [3.05, 3.63) is 35.9 Å². The van der Waals surface area contributed by atoms with Gasteiger partial charge in [-0.05, 0) is 37.7 Å². The molecule has 1 fully saturated rings. The molecular formula is C17H25NO3. The van der Waals surface area contributed by atoms with Crippen LogP contribution < -0.4 is 5.32 Å². The number of amides is 1. The maximum absolute atomic E-state index is 12.0. The zero-order valence-corrected chi connectivity index (χ0v) is 12.5. The minimum atomic E-state index is -0.216. The highest BCUT2D eigenvalue weighted by Gasteiger charge is 2.17. The molecule has 116 valence electrons. The lowest BCUT2D eigenvalue weighted by Gasteiger charge is -2.23. The molecule has 1 aromatic carbocycles. The largest absolute Gasteiger partial charge is 0.394 e. The third kappa shape index (κ3) is 5.86. The Bertz CT molecular complexity index is 415. The van der Waals surface area contributed by atoms with Crippen molar-refractivity contribution in [3.63, 3.8) is 0 Å². The summed E-state index contributed by atoms with van der Waals surface area (Å²) in [5.74, 6) is -0.000783. The van der Waals surface area contributed by atoms with Gasteiger partial charge in [0.25, 0.3) is 0 Å². The Balaban J connectivity index is 1.71. The van der Waals surface area contributed by atoms with Crippen molar-refractivity contribution in [1.29, 1.82) is 0 Å². The lowest BCUT2D eigenvalue weighted by Crippen LogP contribution is -2.39. The first kappa shape index (κ1) is 16.0. The van der Waals surface area contributed by atoms with E-state index in [0.717, 1.165) is 31.4 Å². The van der Waals surface area contributed by atoms with Crippen LogP contribution in [0.1, 0.15) is 37.7 Å². The zero-order chi connectivity index (χ0) is 14.9. The molecule has 21 heavy (non-hydrogen) atoms. The number of carbonyl (C=O) groups is 1. The molecule has 1 saturated heterocycles. The van der Waals surface area contributed by atoms with Gasteiger partial charge in [-0.2, -0.15) is 0 Å². The van der Waals surface area contributed by atoms with Crippen LogP contribution in [0.5, 0.6) is 0 Å². The number of ether oxygens (including phenoxy) is 1. The van der Waals surface area contributed by atoms with Gasteiger partial charge in [0.05, 0.1) is 18.8 Å². The van der Waals surface area contributed by atoms with Gasteiger partial charge in [-0.25, -0.2) is 0 Å². The van der Waals surface area contributed by atoms with Gasteiger partial charge < -0.3 is 15.2 Å². The Morgan fingerprint density at radius 3 is 2.81 bits per heavy atom. The molecule has 0 spiro atoms. The van der Waals surface area contributed by atoms with Crippen LogP contribution in [0.25, 0.3) is 0 Å². The summed E-state index contributed by atoms with van der Waals surface area (Å²) in [6, 6.07) is 9.68. The van der Waals surface area contributed by atoms with Crippen molar-refractivity contribution in [1.82, 2.24) is 5.32 Å². The van der Waals surface area contributed by atoms with Crippen LogP contribution in [-0.4, -0.2) is 36.4 Å². The van der Waals surface area contributed by atoms with Gasteiger partial charge in [-0.3, -0.25) is 4.79 Å². The van der Waals surface area contributed by atoms with Crippen molar-refractivity contribution >= 4 is 5.91 Å². The lowest BCUT2D eigenvalue weighted by molar-refractivity contribution is -0.123. The molecule has 1 aliphatic heterocycles. The molecule has 1 aliphatic rings. The van der Waals surface area contributed by atoms with E-state index in [0.29, 0.717) is 12.8 Å². The highest BCUT2D eigenvalue weighted by molar-refractivity contribution is 5.76. The second-order valence-corrected chi connectivity index (χ2v) is 5.66. The summed E-state index contributed by atoms with van der Waals surface area (Å²) < 4.78 is 5.63. The maximum Gasteiger partial charge on any atom is 0.220 e. The van der Waals surface area contributed by atoms with Crippen LogP contribution in [-0.2, 0) is 16.0 Å². The molecule has 4 nitrogen and oxygen atoms in total. The maximum atomic E-state index is 12.0. The van der Waals surface area contributed by atoms with Crippen LogP contribution in [0.3, 0.4) is 0 Å². The minimum absolute atomic E-state index is 0.000783. The van der Waals surface area contributed by atoms with Gasteiger partial charge in [0.1, 0.15) is 0 Å². The van der Waals surface area contributed by atoms with Gasteiger partial charge in [0.2, 0.25) is 5.91 Å². The van der Waals surface area contributed by atoms with Crippen LogP contribution in [0.15, 0.2) is 30.3 Å². The molecule has 1 heterocycles. The average Bonchev–Trinajstić information content (AvgIpc) is 2.54. The smallest absolute Gasteiger partial charge is 0.220 e. The van der Waals surface area contributed by atoms with Crippen LogP contribution >= 0.6 is 0 Å². The first-order chi connectivity index (χ1) is 10.3. The standard InChI is InChI=1S/C17H25NO3/c19-13-15(12-14-6-2-1-3-7-14)18-17(20)10-9-16-8-4-5-11-21-16/h1-3,6-7,15-16,19H,4-5,8-13H2,(H,18,20)/t15-,16?/m0/s1. The molecule has 0 aliphatic carbocycles. The molecule has 1 aromatic rings. The number of nitrogens with one attached hydrogen (secondary N) is 1. The summed E-state index contributed by atoms with van der Waals surface area (Å²) in [5, 5.41) is 12.3. The SMILES string of the molecule is O=C(CCC1CCCCO1)N[C@H](CO)Cc1ccccc1. The second-order valence-electron chi connectivity index (χ2n) is 5.66. The number of aliphatic hydroxyl groups excluding tert-OH is 1. The molecule has 4 heteroatoms. The highest BCUT2D eigenvalue weighted by Crippen LogP contribution is 2.16.